The molecule has 0 amide bonds. The van der Waals surface area contributed by atoms with Crippen LogP contribution >= 0.6 is 0 Å². The van der Waals surface area contributed by atoms with Crippen LogP contribution in [-0.4, -0.2) is 39.6 Å². The molecule has 0 saturated heterocycles. The van der Waals surface area contributed by atoms with Gasteiger partial charge in [0.2, 0.25) is 0 Å². The van der Waals surface area contributed by atoms with E-state index in [0.717, 1.165) is 0 Å². The lowest BCUT2D eigenvalue weighted by Crippen LogP contribution is -2.21. The molecule has 66 valence electrons. The van der Waals surface area contributed by atoms with Crippen LogP contribution in [0.1, 0.15) is 0 Å². The number of nitrogens with two attached hydrogens (primary N) is 1. The van der Waals surface area contributed by atoms with Gasteiger partial charge in [-0.1, -0.05) is 0 Å². The molecule has 0 atom stereocenters. The van der Waals surface area contributed by atoms with Crippen molar-refractivity contribution in [3.63, 3.8) is 0 Å². The second-order valence-corrected chi connectivity index (χ2v) is 1.87. The average Bonchev–Trinajstić information content (AvgIpc) is 2.06. The van der Waals surface area contributed by atoms with E-state index >= 15 is 0 Å². The molecule has 0 aromatic heterocycles. The van der Waals surface area contributed by atoms with Crippen LogP contribution in [0, 0.1) is 0 Å². The Morgan fingerprint density at radius 3 is 2.45 bits per heavy atom. The van der Waals surface area contributed by atoms with Gasteiger partial charge in [-0.3, -0.25) is 4.99 Å². The van der Waals surface area contributed by atoms with Gasteiger partial charge in [0.15, 0.2) is 6.29 Å². The van der Waals surface area contributed by atoms with Crippen molar-refractivity contribution < 1.29 is 13.9 Å². The SMILES string of the molecule is COC(CN=C(N)CF)OC. The van der Waals surface area contributed by atoms with Gasteiger partial charge in [0.1, 0.15) is 12.5 Å². The molecular weight excluding hydrogens is 151 g/mol. The molecule has 0 radical (unpaired) electrons. The predicted octanol–water partition coefficient (Wildman–Crippen LogP) is -0.0680. The largest absolute Gasteiger partial charge is 0.385 e. The summed E-state index contributed by atoms with van der Waals surface area (Å²) in [7, 11) is 2.96. The highest BCUT2D eigenvalue weighted by molar-refractivity contribution is 5.81. The number of amidine groups is 1. The zero-order valence-corrected chi connectivity index (χ0v) is 6.71. The Balaban J connectivity index is 3.65. The summed E-state index contributed by atoms with van der Waals surface area (Å²) in [4.78, 5) is 3.65. The first-order chi connectivity index (χ1) is 5.24. The Hall–Kier alpha value is -0.680. The smallest absolute Gasteiger partial charge is 0.176 e. The van der Waals surface area contributed by atoms with Crippen molar-refractivity contribution in [1.29, 1.82) is 0 Å². The Labute approximate surface area is 65.2 Å². The molecule has 0 fully saturated rings. The number of ether oxygens (including phenoxy) is 2. The van der Waals surface area contributed by atoms with Crippen molar-refractivity contribution in [3.05, 3.63) is 0 Å². The minimum atomic E-state index is -0.736. The first-order valence-electron chi connectivity index (χ1n) is 3.15. The standard InChI is InChI=1S/C6H13FN2O2/c1-10-6(11-2)4-9-5(8)3-7/h6H,3-4H2,1-2H3,(H2,8,9). The molecule has 0 bridgehead atoms. The number of hydrogen-bond donors (Lipinski definition) is 1. The van der Waals surface area contributed by atoms with E-state index in [1.807, 2.05) is 0 Å². The van der Waals surface area contributed by atoms with Crippen molar-refractivity contribution >= 4 is 5.84 Å². The summed E-state index contributed by atoms with van der Waals surface area (Å²) in [6, 6.07) is 0. The lowest BCUT2D eigenvalue weighted by Gasteiger charge is -2.09. The third kappa shape index (κ3) is 4.69. The Morgan fingerprint density at radius 1 is 1.55 bits per heavy atom. The maximum Gasteiger partial charge on any atom is 0.176 e. The zero-order chi connectivity index (χ0) is 8.69. The Morgan fingerprint density at radius 2 is 2.09 bits per heavy atom. The van der Waals surface area contributed by atoms with Crippen molar-refractivity contribution in [2.45, 2.75) is 6.29 Å². The molecular formula is C6H13FN2O2. The van der Waals surface area contributed by atoms with E-state index in [9.17, 15) is 4.39 Å². The second kappa shape index (κ2) is 6.06. The molecule has 0 saturated carbocycles. The van der Waals surface area contributed by atoms with Crippen LogP contribution in [0.15, 0.2) is 4.99 Å². The third-order valence-electron chi connectivity index (χ3n) is 1.11. The second-order valence-electron chi connectivity index (χ2n) is 1.87. The molecule has 0 unspecified atom stereocenters. The van der Waals surface area contributed by atoms with Crippen molar-refractivity contribution in [1.82, 2.24) is 0 Å². The lowest BCUT2D eigenvalue weighted by atomic mass is 10.6. The summed E-state index contributed by atoms with van der Waals surface area (Å²) >= 11 is 0. The molecule has 0 spiro atoms. The average molecular weight is 164 g/mol. The molecule has 0 aromatic rings. The first-order valence-corrected chi connectivity index (χ1v) is 3.15. The van der Waals surface area contributed by atoms with Gasteiger partial charge in [0, 0.05) is 14.2 Å². The van der Waals surface area contributed by atoms with E-state index in [4.69, 9.17) is 15.2 Å². The van der Waals surface area contributed by atoms with E-state index < -0.39 is 13.0 Å². The lowest BCUT2D eigenvalue weighted by molar-refractivity contribution is -0.0937. The van der Waals surface area contributed by atoms with E-state index in [-0.39, 0.29) is 12.4 Å². The van der Waals surface area contributed by atoms with E-state index in [1.54, 1.807) is 0 Å². The van der Waals surface area contributed by atoms with E-state index in [2.05, 4.69) is 4.99 Å². The molecule has 0 rings (SSSR count). The van der Waals surface area contributed by atoms with Crippen LogP contribution < -0.4 is 5.73 Å². The van der Waals surface area contributed by atoms with Crippen LogP contribution in [0.25, 0.3) is 0 Å². The number of aliphatic imine (C=N–C) groups is 1. The minimum absolute atomic E-state index is 0.0379. The van der Waals surface area contributed by atoms with Gasteiger partial charge in [-0.05, 0) is 0 Å². The van der Waals surface area contributed by atoms with E-state index in [0.29, 0.717) is 0 Å². The molecule has 0 aliphatic rings. The number of methoxy groups -OCH3 is 2. The molecule has 2 N–H and O–H groups in total. The Bertz CT molecular complexity index is 126. The van der Waals surface area contributed by atoms with Gasteiger partial charge >= 0.3 is 0 Å². The summed E-state index contributed by atoms with van der Waals surface area (Å²) in [5.74, 6) is -0.0379. The molecule has 4 nitrogen and oxygen atoms in total. The van der Waals surface area contributed by atoms with Gasteiger partial charge in [-0.2, -0.15) is 0 Å². The number of rotatable bonds is 5. The fourth-order valence-electron chi connectivity index (χ4n) is 0.479. The number of hydrogen-bond acceptors (Lipinski definition) is 3. The fraction of sp³-hybridized carbons (Fsp3) is 0.833. The number of nitrogens with zero attached hydrogens (tertiary/aromatic N) is 1. The normalized spacial score (nSPS) is 12.5. The van der Waals surface area contributed by atoms with Crippen LogP contribution in [-0.2, 0) is 9.47 Å². The molecule has 0 heterocycles. The van der Waals surface area contributed by atoms with Gasteiger partial charge in [0.25, 0.3) is 0 Å². The van der Waals surface area contributed by atoms with Gasteiger partial charge in [-0.15, -0.1) is 0 Å². The summed E-state index contributed by atoms with van der Waals surface area (Å²) < 4.78 is 21.3. The quantitative estimate of drug-likeness (QED) is 0.351. The molecule has 11 heavy (non-hydrogen) atoms. The summed E-state index contributed by atoms with van der Waals surface area (Å²) in [5, 5.41) is 0. The Kier molecular flexibility index (Phi) is 5.68. The van der Waals surface area contributed by atoms with Crippen molar-refractivity contribution in [2.75, 3.05) is 27.4 Å². The minimum Gasteiger partial charge on any atom is -0.385 e. The molecule has 0 aliphatic heterocycles. The van der Waals surface area contributed by atoms with Crippen LogP contribution in [0.4, 0.5) is 4.39 Å². The topological polar surface area (TPSA) is 56.8 Å². The monoisotopic (exact) mass is 164 g/mol. The van der Waals surface area contributed by atoms with Gasteiger partial charge in [0.05, 0.1) is 6.54 Å². The number of alkyl halides is 1. The molecule has 0 aliphatic carbocycles. The summed E-state index contributed by atoms with van der Waals surface area (Å²) in [6.45, 7) is -0.511. The highest BCUT2D eigenvalue weighted by Crippen LogP contribution is 1.90. The highest BCUT2D eigenvalue weighted by atomic mass is 19.1. The van der Waals surface area contributed by atoms with Gasteiger partial charge in [-0.25, -0.2) is 4.39 Å². The molecule has 0 aromatic carbocycles. The van der Waals surface area contributed by atoms with E-state index in [1.165, 1.54) is 14.2 Å². The maximum absolute atomic E-state index is 11.7. The van der Waals surface area contributed by atoms with Crippen LogP contribution in [0.2, 0.25) is 0 Å². The highest BCUT2D eigenvalue weighted by Gasteiger charge is 2.02. The van der Waals surface area contributed by atoms with Crippen LogP contribution in [0.5, 0.6) is 0 Å². The van der Waals surface area contributed by atoms with Crippen molar-refractivity contribution in [2.24, 2.45) is 10.7 Å². The van der Waals surface area contributed by atoms with Gasteiger partial charge < -0.3 is 15.2 Å². The summed E-state index contributed by atoms with van der Waals surface area (Å²) in [5.41, 5.74) is 5.09. The fourth-order valence-corrected chi connectivity index (χ4v) is 0.479. The molecule has 5 heteroatoms. The zero-order valence-electron chi connectivity index (χ0n) is 6.71. The number of halogens is 1. The maximum atomic E-state index is 11.7. The predicted molar refractivity (Wildman–Crippen MR) is 40.3 cm³/mol. The summed E-state index contributed by atoms with van der Waals surface area (Å²) in [6.07, 6.45) is -0.444. The third-order valence-corrected chi connectivity index (χ3v) is 1.11. The first kappa shape index (κ1) is 10.3. The van der Waals surface area contributed by atoms with Crippen molar-refractivity contribution in [3.8, 4) is 0 Å². The van der Waals surface area contributed by atoms with Crippen LogP contribution in [0.3, 0.4) is 0 Å².